The minimum absolute atomic E-state index is 0. The maximum absolute atomic E-state index is 13.0. The lowest BCUT2D eigenvalue weighted by Crippen LogP contribution is -2.07. The number of anilines is 2. The van der Waals surface area contributed by atoms with Gasteiger partial charge in [0, 0.05) is 38.1 Å². The molecule has 1 unspecified atom stereocenters. The average molecular weight is 392 g/mol. The fourth-order valence-electron chi connectivity index (χ4n) is 3.68. The molecule has 0 saturated heterocycles. The standard InChI is InChI=1S/C20H19FN8.H2/c1-12-14(5-7-21)19-17(24-12)4-3-16(26-19)15-6-8-29-18(15)10-22-20(27-29)25-13-9-23-28(2)11-13;/h3-4,6,8-11,14H,5,7H2,1-2H3,(H,25,27);1H. The Morgan fingerprint density at radius 2 is 2.14 bits per heavy atom. The van der Waals surface area contributed by atoms with Crippen LogP contribution in [-0.4, -0.2) is 41.7 Å². The van der Waals surface area contributed by atoms with E-state index in [9.17, 15) is 4.39 Å². The Morgan fingerprint density at radius 3 is 2.93 bits per heavy atom. The second-order valence-electron chi connectivity index (χ2n) is 7.05. The van der Waals surface area contributed by atoms with Gasteiger partial charge in [-0.05, 0) is 31.5 Å². The van der Waals surface area contributed by atoms with E-state index in [4.69, 9.17) is 4.98 Å². The van der Waals surface area contributed by atoms with Gasteiger partial charge in [-0.15, -0.1) is 5.10 Å². The summed E-state index contributed by atoms with van der Waals surface area (Å²) in [4.78, 5) is 13.8. The lowest BCUT2D eigenvalue weighted by atomic mass is 9.98. The molecular weight excluding hydrogens is 371 g/mol. The van der Waals surface area contributed by atoms with E-state index in [0.717, 1.165) is 39.6 Å². The minimum Gasteiger partial charge on any atom is -0.320 e. The molecule has 4 aromatic heterocycles. The lowest BCUT2D eigenvalue weighted by molar-refractivity contribution is 0.463. The van der Waals surface area contributed by atoms with Gasteiger partial charge in [0.25, 0.3) is 0 Å². The Kier molecular flexibility index (Phi) is 4.08. The molecule has 0 bridgehead atoms. The highest BCUT2D eigenvalue weighted by molar-refractivity contribution is 5.96. The van der Waals surface area contributed by atoms with Gasteiger partial charge < -0.3 is 5.32 Å². The Bertz CT molecular complexity index is 1240. The molecule has 1 aliphatic rings. The molecule has 29 heavy (non-hydrogen) atoms. The molecule has 0 aromatic carbocycles. The van der Waals surface area contributed by atoms with E-state index in [1.54, 1.807) is 21.6 Å². The van der Waals surface area contributed by atoms with Crippen LogP contribution in [0.25, 0.3) is 16.8 Å². The smallest absolute Gasteiger partial charge is 0.245 e. The van der Waals surface area contributed by atoms with E-state index < -0.39 is 6.67 Å². The first kappa shape index (κ1) is 17.5. The van der Waals surface area contributed by atoms with Crippen LogP contribution >= 0.6 is 0 Å². The molecule has 8 nitrogen and oxygen atoms in total. The molecule has 0 radical (unpaired) electrons. The van der Waals surface area contributed by atoms with Crippen LogP contribution in [-0.2, 0) is 7.05 Å². The van der Waals surface area contributed by atoms with Crippen LogP contribution in [0.1, 0.15) is 26.4 Å². The summed E-state index contributed by atoms with van der Waals surface area (Å²) < 4.78 is 16.4. The first-order valence-corrected chi connectivity index (χ1v) is 9.35. The quantitative estimate of drug-likeness (QED) is 0.553. The van der Waals surface area contributed by atoms with Crippen molar-refractivity contribution in [3.8, 4) is 11.3 Å². The molecule has 5 rings (SSSR count). The number of fused-ring (bicyclic) bond motifs is 2. The van der Waals surface area contributed by atoms with E-state index in [0.29, 0.717) is 12.4 Å². The van der Waals surface area contributed by atoms with Crippen LogP contribution in [0.4, 0.5) is 21.7 Å². The van der Waals surface area contributed by atoms with Crippen molar-refractivity contribution in [1.82, 2.24) is 29.4 Å². The van der Waals surface area contributed by atoms with Gasteiger partial charge >= 0.3 is 0 Å². The monoisotopic (exact) mass is 392 g/mol. The lowest BCUT2D eigenvalue weighted by Gasteiger charge is -2.10. The van der Waals surface area contributed by atoms with Gasteiger partial charge in [0.2, 0.25) is 5.95 Å². The molecule has 0 aliphatic carbocycles. The summed E-state index contributed by atoms with van der Waals surface area (Å²) in [6, 6.07) is 5.84. The largest absolute Gasteiger partial charge is 0.320 e. The summed E-state index contributed by atoms with van der Waals surface area (Å²) in [7, 11) is 1.85. The van der Waals surface area contributed by atoms with Gasteiger partial charge in [-0.25, -0.2) is 14.5 Å². The Labute approximate surface area is 167 Å². The average Bonchev–Trinajstić information content (AvgIpc) is 3.39. The van der Waals surface area contributed by atoms with Crippen molar-refractivity contribution < 1.29 is 5.82 Å². The van der Waals surface area contributed by atoms with Crippen LogP contribution in [0, 0.1) is 0 Å². The highest BCUT2D eigenvalue weighted by atomic mass is 19.1. The number of aryl methyl sites for hydroxylation is 1. The zero-order valence-corrected chi connectivity index (χ0v) is 16.0. The van der Waals surface area contributed by atoms with Gasteiger partial charge in [0.1, 0.15) is 0 Å². The van der Waals surface area contributed by atoms with Crippen molar-refractivity contribution in [3.05, 3.63) is 48.7 Å². The normalized spacial score (nSPS) is 15.6. The molecule has 148 valence electrons. The first-order chi connectivity index (χ1) is 14.1. The summed E-state index contributed by atoms with van der Waals surface area (Å²) in [5, 5.41) is 11.8. The van der Waals surface area contributed by atoms with Crippen molar-refractivity contribution in [1.29, 1.82) is 0 Å². The fraction of sp³-hybridized carbons (Fsp3) is 0.250. The van der Waals surface area contributed by atoms with E-state index in [2.05, 4.69) is 25.5 Å². The van der Waals surface area contributed by atoms with Crippen LogP contribution < -0.4 is 5.32 Å². The number of hydrogen-bond acceptors (Lipinski definition) is 6. The molecule has 0 amide bonds. The number of alkyl halides is 1. The zero-order valence-electron chi connectivity index (χ0n) is 16.0. The summed E-state index contributed by atoms with van der Waals surface area (Å²) in [6.45, 7) is 1.54. The van der Waals surface area contributed by atoms with E-state index in [-0.39, 0.29) is 7.34 Å². The van der Waals surface area contributed by atoms with E-state index in [1.165, 1.54) is 0 Å². The number of nitrogens with one attached hydrogen (secondary N) is 1. The van der Waals surface area contributed by atoms with Gasteiger partial charge in [-0.1, -0.05) is 0 Å². The second kappa shape index (κ2) is 6.77. The number of hydrogen-bond donors (Lipinski definition) is 1. The van der Waals surface area contributed by atoms with Gasteiger partial charge in [0.05, 0.1) is 47.3 Å². The number of rotatable bonds is 5. The summed E-state index contributed by atoms with van der Waals surface area (Å²) in [5.74, 6) is 0.414. The van der Waals surface area contributed by atoms with Crippen LogP contribution in [0.2, 0.25) is 0 Å². The molecule has 4 aromatic rings. The van der Waals surface area contributed by atoms with Crippen molar-refractivity contribution in [2.24, 2.45) is 12.0 Å². The van der Waals surface area contributed by atoms with Crippen molar-refractivity contribution in [2.75, 3.05) is 12.0 Å². The Morgan fingerprint density at radius 1 is 1.24 bits per heavy atom. The highest BCUT2D eigenvalue weighted by Gasteiger charge is 2.26. The summed E-state index contributed by atoms with van der Waals surface area (Å²) in [6.07, 6.45) is 7.59. The van der Waals surface area contributed by atoms with Crippen LogP contribution in [0.15, 0.2) is 48.0 Å². The van der Waals surface area contributed by atoms with Crippen molar-refractivity contribution in [2.45, 2.75) is 19.3 Å². The third-order valence-electron chi connectivity index (χ3n) is 5.09. The zero-order chi connectivity index (χ0) is 20.0. The predicted molar refractivity (Wildman–Crippen MR) is 111 cm³/mol. The topological polar surface area (TPSA) is 85.3 Å². The van der Waals surface area contributed by atoms with Crippen molar-refractivity contribution >= 4 is 28.6 Å². The predicted octanol–water partition coefficient (Wildman–Crippen LogP) is 4.06. The van der Waals surface area contributed by atoms with Gasteiger partial charge in [-0.3, -0.25) is 14.1 Å². The highest BCUT2D eigenvalue weighted by Crippen LogP contribution is 2.38. The SMILES string of the molecule is CC1=Nc2ccc(-c3ccn4nc(Nc5cnn(C)c5)ncc34)nc2C1CCF.[HH]. The summed E-state index contributed by atoms with van der Waals surface area (Å²) >= 11 is 0. The maximum atomic E-state index is 13.0. The number of aromatic nitrogens is 6. The molecule has 9 heteroatoms. The van der Waals surface area contributed by atoms with Crippen LogP contribution in [0.3, 0.4) is 0 Å². The molecular formula is C20H21FN8. The third kappa shape index (κ3) is 3.04. The number of aliphatic imine (C=N–C) groups is 1. The molecule has 5 heterocycles. The maximum Gasteiger partial charge on any atom is 0.245 e. The first-order valence-electron chi connectivity index (χ1n) is 9.35. The van der Waals surface area contributed by atoms with E-state index >= 15 is 0 Å². The molecule has 0 saturated carbocycles. The molecule has 1 aliphatic heterocycles. The Balaban J connectivity index is 0.00000218. The number of halogens is 1. The third-order valence-corrected chi connectivity index (χ3v) is 5.09. The minimum atomic E-state index is -0.390. The fourth-order valence-corrected chi connectivity index (χ4v) is 3.68. The van der Waals surface area contributed by atoms with E-state index in [1.807, 2.05) is 44.6 Å². The van der Waals surface area contributed by atoms with Gasteiger partial charge in [0.15, 0.2) is 0 Å². The number of nitrogens with zero attached hydrogens (tertiary/aromatic N) is 7. The Hall–Kier alpha value is -3.62. The number of pyridine rings is 1. The molecule has 0 fully saturated rings. The van der Waals surface area contributed by atoms with Crippen LogP contribution in [0.5, 0.6) is 0 Å². The second-order valence-corrected chi connectivity index (χ2v) is 7.05. The van der Waals surface area contributed by atoms with Gasteiger partial charge in [-0.2, -0.15) is 5.10 Å². The molecule has 0 spiro atoms. The molecule has 1 atom stereocenters. The molecule has 1 N–H and O–H groups in total. The van der Waals surface area contributed by atoms with Crippen molar-refractivity contribution in [3.63, 3.8) is 0 Å². The summed E-state index contributed by atoms with van der Waals surface area (Å²) in [5.41, 5.74) is 5.96.